The van der Waals surface area contributed by atoms with E-state index < -0.39 is 11.7 Å². The third-order valence-electron chi connectivity index (χ3n) is 2.37. The molecule has 0 aliphatic heterocycles. The molecule has 0 aromatic heterocycles. The first-order valence-electron chi connectivity index (χ1n) is 5.57. The number of amides is 1. The Hall–Kier alpha value is -1.72. The molecule has 1 N–H and O–H groups in total. The first kappa shape index (κ1) is 13.7. The average Bonchev–Trinajstić information content (AvgIpc) is 2.38. The third kappa shape index (κ3) is 4.15. The summed E-state index contributed by atoms with van der Waals surface area (Å²) in [5.41, 5.74) is 3.40. The summed E-state index contributed by atoms with van der Waals surface area (Å²) in [6, 6.07) is 13.4. The fourth-order valence-electron chi connectivity index (χ4n) is 1.50. The Labute approximate surface area is 118 Å². The van der Waals surface area contributed by atoms with Gasteiger partial charge < -0.3 is 0 Å². The van der Waals surface area contributed by atoms with Crippen molar-refractivity contribution in [2.75, 3.05) is 0 Å². The second-order valence-corrected chi connectivity index (χ2v) is 4.78. The number of hydrogen-bond acceptors (Lipinski definition) is 2. The maximum atomic E-state index is 13.1. The Kier molecular flexibility index (Phi) is 4.65. The topological polar surface area (TPSA) is 38.3 Å². The standard InChI is InChI=1S/C14H11BrFNO2/c15-12-6-11(7-13(16)8-12)14(18)17-19-9-10-4-2-1-3-5-10/h1-8H,9H2,(H,17,18). The normalized spacial score (nSPS) is 10.2. The zero-order valence-electron chi connectivity index (χ0n) is 9.90. The molecule has 0 bridgehead atoms. The van der Waals surface area contributed by atoms with Crippen molar-refractivity contribution in [2.24, 2.45) is 0 Å². The van der Waals surface area contributed by atoms with Gasteiger partial charge in [0.15, 0.2) is 0 Å². The van der Waals surface area contributed by atoms with Crippen molar-refractivity contribution in [2.45, 2.75) is 6.61 Å². The lowest BCUT2D eigenvalue weighted by atomic mass is 10.2. The Morgan fingerprint density at radius 2 is 1.95 bits per heavy atom. The molecule has 3 nitrogen and oxygen atoms in total. The van der Waals surface area contributed by atoms with Gasteiger partial charge in [-0.25, -0.2) is 9.87 Å². The molecule has 1 amide bonds. The predicted octanol–water partition coefficient (Wildman–Crippen LogP) is 3.45. The van der Waals surface area contributed by atoms with Gasteiger partial charge in [0, 0.05) is 10.0 Å². The summed E-state index contributed by atoms with van der Waals surface area (Å²) in [5, 5.41) is 0. The van der Waals surface area contributed by atoms with Crippen molar-refractivity contribution in [3.05, 3.63) is 69.9 Å². The van der Waals surface area contributed by atoms with Crippen LogP contribution in [0.4, 0.5) is 4.39 Å². The van der Waals surface area contributed by atoms with Crippen LogP contribution >= 0.6 is 15.9 Å². The summed E-state index contributed by atoms with van der Waals surface area (Å²) < 4.78 is 13.6. The summed E-state index contributed by atoms with van der Waals surface area (Å²) in [7, 11) is 0. The van der Waals surface area contributed by atoms with E-state index >= 15 is 0 Å². The van der Waals surface area contributed by atoms with Crippen LogP contribution in [0, 0.1) is 5.82 Å². The SMILES string of the molecule is O=C(NOCc1ccccc1)c1cc(F)cc(Br)c1. The predicted molar refractivity (Wildman–Crippen MR) is 72.8 cm³/mol. The molecule has 2 aromatic rings. The highest BCUT2D eigenvalue weighted by Crippen LogP contribution is 2.14. The zero-order valence-corrected chi connectivity index (χ0v) is 11.5. The molecule has 0 saturated carbocycles. The van der Waals surface area contributed by atoms with E-state index in [-0.39, 0.29) is 12.2 Å². The molecular weight excluding hydrogens is 313 g/mol. The van der Waals surface area contributed by atoms with E-state index in [0.717, 1.165) is 11.6 Å². The van der Waals surface area contributed by atoms with Crippen LogP contribution in [-0.2, 0) is 11.4 Å². The smallest absolute Gasteiger partial charge is 0.269 e. The van der Waals surface area contributed by atoms with E-state index in [4.69, 9.17) is 4.84 Å². The van der Waals surface area contributed by atoms with Crippen molar-refractivity contribution >= 4 is 21.8 Å². The Balaban J connectivity index is 1.91. The van der Waals surface area contributed by atoms with Crippen LogP contribution in [0.15, 0.2) is 53.0 Å². The molecule has 0 aliphatic rings. The van der Waals surface area contributed by atoms with Gasteiger partial charge in [0.25, 0.3) is 5.91 Å². The van der Waals surface area contributed by atoms with Crippen molar-refractivity contribution in [3.63, 3.8) is 0 Å². The largest absolute Gasteiger partial charge is 0.274 e. The highest BCUT2D eigenvalue weighted by molar-refractivity contribution is 9.10. The van der Waals surface area contributed by atoms with E-state index in [1.165, 1.54) is 12.1 Å². The maximum Gasteiger partial charge on any atom is 0.274 e. The second kappa shape index (κ2) is 6.45. The van der Waals surface area contributed by atoms with Gasteiger partial charge in [-0.3, -0.25) is 9.63 Å². The number of benzene rings is 2. The monoisotopic (exact) mass is 323 g/mol. The molecule has 0 heterocycles. The van der Waals surface area contributed by atoms with Crippen molar-refractivity contribution in [1.82, 2.24) is 5.48 Å². The van der Waals surface area contributed by atoms with Gasteiger partial charge in [0.1, 0.15) is 5.82 Å². The number of halogens is 2. The molecule has 0 unspecified atom stereocenters. The van der Waals surface area contributed by atoms with Gasteiger partial charge in [-0.05, 0) is 23.8 Å². The number of carbonyl (C=O) groups excluding carboxylic acids is 1. The van der Waals surface area contributed by atoms with Gasteiger partial charge in [0.2, 0.25) is 0 Å². The molecule has 98 valence electrons. The molecule has 0 radical (unpaired) electrons. The number of hydrogen-bond donors (Lipinski definition) is 1. The minimum absolute atomic E-state index is 0.194. The van der Waals surface area contributed by atoms with Crippen LogP contribution in [0.3, 0.4) is 0 Å². The summed E-state index contributed by atoms with van der Waals surface area (Å²) in [5.74, 6) is -0.973. The lowest BCUT2D eigenvalue weighted by molar-refractivity contribution is 0.0233. The Bertz CT molecular complexity index is 555. The number of rotatable bonds is 4. The van der Waals surface area contributed by atoms with Gasteiger partial charge in [-0.1, -0.05) is 46.3 Å². The highest BCUT2D eigenvalue weighted by atomic mass is 79.9. The van der Waals surface area contributed by atoms with Gasteiger partial charge in [-0.15, -0.1) is 0 Å². The number of carbonyl (C=O) groups is 1. The third-order valence-corrected chi connectivity index (χ3v) is 2.83. The van der Waals surface area contributed by atoms with Crippen molar-refractivity contribution in [1.29, 1.82) is 0 Å². The molecule has 0 fully saturated rings. The van der Waals surface area contributed by atoms with Crippen molar-refractivity contribution < 1.29 is 14.0 Å². The Morgan fingerprint density at radius 3 is 2.63 bits per heavy atom. The van der Waals surface area contributed by atoms with Crippen LogP contribution < -0.4 is 5.48 Å². The molecule has 0 aliphatic carbocycles. The van der Waals surface area contributed by atoms with Gasteiger partial charge in [0.05, 0.1) is 6.61 Å². The molecule has 0 saturated heterocycles. The van der Waals surface area contributed by atoms with Gasteiger partial charge >= 0.3 is 0 Å². The fourth-order valence-corrected chi connectivity index (χ4v) is 1.97. The van der Waals surface area contributed by atoms with Crippen LogP contribution in [-0.4, -0.2) is 5.91 Å². The molecule has 0 atom stereocenters. The van der Waals surface area contributed by atoms with E-state index in [1.54, 1.807) is 0 Å². The van der Waals surface area contributed by atoms with Gasteiger partial charge in [-0.2, -0.15) is 0 Å². The molecule has 2 aromatic carbocycles. The first-order valence-corrected chi connectivity index (χ1v) is 6.36. The van der Waals surface area contributed by atoms with E-state index in [9.17, 15) is 9.18 Å². The quantitative estimate of drug-likeness (QED) is 0.875. The average molecular weight is 324 g/mol. The van der Waals surface area contributed by atoms with E-state index in [2.05, 4.69) is 21.4 Å². The molecular formula is C14H11BrFNO2. The van der Waals surface area contributed by atoms with Crippen LogP contribution in [0.1, 0.15) is 15.9 Å². The lowest BCUT2D eigenvalue weighted by Crippen LogP contribution is -2.23. The number of hydroxylamine groups is 1. The first-order chi connectivity index (χ1) is 9.15. The summed E-state index contributed by atoms with van der Waals surface area (Å²) >= 11 is 3.13. The second-order valence-electron chi connectivity index (χ2n) is 3.86. The summed E-state index contributed by atoms with van der Waals surface area (Å²) in [6.07, 6.45) is 0. The molecule has 0 spiro atoms. The zero-order chi connectivity index (χ0) is 13.7. The Morgan fingerprint density at radius 1 is 1.21 bits per heavy atom. The highest BCUT2D eigenvalue weighted by Gasteiger charge is 2.08. The fraction of sp³-hybridized carbons (Fsp3) is 0.0714. The summed E-state index contributed by atoms with van der Waals surface area (Å²) in [6.45, 7) is 0.253. The molecule has 2 rings (SSSR count). The van der Waals surface area contributed by atoms with Crippen molar-refractivity contribution in [3.8, 4) is 0 Å². The van der Waals surface area contributed by atoms with E-state index in [0.29, 0.717) is 4.47 Å². The number of nitrogens with one attached hydrogen (secondary N) is 1. The van der Waals surface area contributed by atoms with Crippen LogP contribution in [0.25, 0.3) is 0 Å². The minimum atomic E-state index is -0.490. The molecule has 19 heavy (non-hydrogen) atoms. The lowest BCUT2D eigenvalue weighted by Gasteiger charge is -2.06. The minimum Gasteiger partial charge on any atom is -0.269 e. The van der Waals surface area contributed by atoms with E-state index in [1.807, 2.05) is 30.3 Å². The maximum absolute atomic E-state index is 13.1. The summed E-state index contributed by atoms with van der Waals surface area (Å²) in [4.78, 5) is 16.8. The molecule has 5 heteroatoms. The van der Waals surface area contributed by atoms with Crippen LogP contribution in [0.5, 0.6) is 0 Å². The van der Waals surface area contributed by atoms with Crippen LogP contribution in [0.2, 0.25) is 0 Å².